The van der Waals surface area contributed by atoms with Crippen LogP contribution in [0.25, 0.3) is 11.1 Å². The summed E-state index contributed by atoms with van der Waals surface area (Å²) in [5.41, 5.74) is 0.618. The predicted octanol–water partition coefficient (Wildman–Crippen LogP) is 4.60. The van der Waals surface area contributed by atoms with Crippen LogP contribution in [0.1, 0.15) is 29.6 Å². The number of nitrogens with one attached hydrogen (secondary N) is 1. The predicted molar refractivity (Wildman–Crippen MR) is 121 cm³/mol. The molecule has 1 heterocycles. The molecule has 0 aliphatic rings. The highest BCUT2D eigenvalue weighted by Gasteiger charge is 2.37. The maximum absolute atomic E-state index is 14.2. The molecule has 0 fully saturated rings. The molecule has 0 spiro atoms. The summed E-state index contributed by atoms with van der Waals surface area (Å²) in [6.45, 7) is 1.54. The van der Waals surface area contributed by atoms with Crippen molar-refractivity contribution in [2.75, 3.05) is 13.7 Å². The van der Waals surface area contributed by atoms with Gasteiger partial charge in [0.15, 0.2) is 0 Å². The fourth-order valence-corrected chi connectivity index (χ4v) is 3.82. The number of hydrogen-bond donors (Lipinski definition) is 2. The lowest BCUT2D eigenvalue weighted by Gasteiger charge is -2.29. The van der Waals surface area contributed by atoms with Gasteiger partial charge in [0.1, 0.15) is 12.1 Å². The summed E-state index contributed by atoms with van der Waals surface area (Å²) in [4.78, 5) is 28.3. The van der Waals surface area contributed by atoms with Crippen LogP contribution in [-0.2, 0) is 16.0 Å². The lowest BCUT2D eigenvalue weighted by molar-refractivity contribution is -0.152. The summed E-state index contributed by atoms with van der Waals surface area (Å²) in [6, 6.07) is 10.9. The summed E-state index contributed by atoms with van der Waals surface area (Å²) in [6.07, 6.45) is 3.07. The van der Waals surface area contributed by atoms with E-state index in [9.17, 15) is 19.1 Å². The molecule has 0 aliphatic heterocycles. The minimum Gasteiger partial charge on any atom is -0.481 e. The van der Waals surface area contributed by atoms with E-state index >= 15 is 0 Å². The molecule has 2 N–H and O–H groups in total. The number of methoxy groups -OCH3 is 1. The van der Waals surface area contributed by atoms with Gasteiger partial charge in [0, 0.05) is 23.7 Å². The van der Waals surface area contributed by atoms with Crippen molar-refractivity contribution in [2.24, 2.45) is 5.41 Å². The van der Waals surface area contributed by atoms with Gasteiger partial charge in [-0.1, -0.05) is 35.9 Å². The van der Waals surface area contributed by atoms with E-state index in [4.69, 9.17) is 20.8 Å². The number of oxazole rings is 1. The molecule has 0 saturated carbocycles. The average Bonchev–Trinajstić information content (AvgIpc) is 3.31. The zero-order chi connectivity index (χ0) is 24.0. The fraction of sp³-hybridized carbons (Fsp3) is 0.292. The molecule has 0 aliphatic carbocycles. The van der Waals surface area contributed by atoms with Gasteiger partial charge in [-0.3, -0.25) is 9.59 Å². The number of hydrogen-bond acceptors (Lipinski definition) is 5. The van der Waals surface area contributed by atoms with Crippen molar-refractivity contribution in [3.8, 4) is 11.1 Å². The summed E-state index contributed by atoms with van der Waals surface area (Å²) < 4.78 is 24.3. The Morgan fingerprint density at radius 1 is 1.27 bits per heavy atom. The van der Waals surface area contributed by atoms with Crippen molar-refractivity contribution in [2.45, 2.75) is 25.8 Å². The number of benzene rings is 2. The number of carboxylic acid groups (broad SMARTS) is 1. The normalized spacial score (nSPS) is 13.8. The highest BCUT2D eigenvalue weighted by atomic mass is 35.5. The Bertz CT molecular complexity index is 1100. The maximum atomic E-state index is 14.2. The van der Waals surface area contributed by atoms with Crippen molar-refractivity contribution in [1.29, 1.82) is 0 Å². The number of ether oxygens (including phenoxy) is 1. The highest BCUT2D eigenvalue weighted by molar-refractivity contribution is 6.30. The molecule has 3 rings (SSSR count). The number of carbonyl (C=O) groups is 2. The standard InChI is InChI=1S/C24H24ClFN2O5/c1-24(14-32-2,23(30)31)13-18(28-21(29)22-27-9-10-33-22)11-15-3-5-16(6-4-15)19-12-17(25)7-8-20(19)26/h3-10,12,18H,11,13-14H2,1-2H3,(H,28,29)(H,30,31)/t18-,24+/m1/s1. The first-order valence-electron chi connectivity index (χ1n) is 10.2. The Hall–Kier alpha value is -3.23. The van der Waals surface area contributed by atoms with Gasteiger partial charge < -0.3 is 19.6 Å². The number of aromatic nitrogens is 1. The van der Waals surface area contributed by atoms with Crippen LogP contribution in [0.15, 0.2) is 59.3 Å². The molecule has 1 amide bonds. The van der Waals surface area contributed by atoms with Gasteiger partial charge in [-0.15, -0.1) is 0 Å². The number of carbonyl (C=O) groups excluding carboxylic acids is 1. The van der Waals surface area contributed by atoms with Crippen molar-refractivity contribution in [3.05, 3.63) is 77.2 Å². The number of amides is 1. The van der Waals surface area contributed by atoms with Crippen LogP contribution < -0.4 is 5.32 Å². The van der Waals surface area contributed by atoms with Crippen molar-refractivity contribution >= 4 is 23.5 Å². The smallest absolute Gasteiger partial charge is 0.311 e. The third-order valence-electron chi connectivity index (χ3n) is 5.31. The molecule has 1 aromatic heterocycles. The van der Waals surface area contributed by atoms with Crippen LogP contribution in [0.3, 0.4) is 0 Å². The quantitative estimate of drug-likeness (QED) is 0.445. The zero-order valence-corrected chi connectivity index (χ0v) is 18.9. The van der Waals surface area contributed by atoms with Crippen LogP contribution in [-0.4, -0.2) is 41.7 Å². The topological polar surface area (TPSA) is 102 Å². The van der Waals surface area contributed by atoms with Crippen LogP contribution in [0, 0.1) is 11.2 Å². The summed E-state index contributed by atoms with van der Waals surface area (Å²) in [5.74, 6) is -2.09. The van der Waals surface area contributed by atoms with Gasteiger partial charge in [-0.05, 0) is 49.1 Å². The Kier molecular flexibility index (Phi) is 7.84. The number of carboxylic acids is 1. The second-order valence-electron chi connectivity index (χ2n) is 8.04. The molecular formula is C24H24ClFN2O5. The van der Waals surface area contributed by atoms with Crippen LogP contribution >= 0.6 is 11.6 Å². The van der Waals surface area contributed by atoms with Gasteiger partial charge in [0.25, 0.3) is 5.89 Å². The van der Waals surface area contributed by atoms with Gasteiger partial charge in [-0.25, -0.2) is 9.37 Å². The SMILES string of the molecule is COC[C@](C)(C[C@@H](Cc1ccc(-c2cc(Cl)ccc2F)cc1)NC(=O)c1ncco1)C(=O)O. The van der Waals surface area contributed by atoms with E-state index in [-0.39, 0.29) is 24.7 Å². The first kappa shape index (κ1) is 24.4. The van der Waals surface area contributed by atoms with Crippen LogP contribution in [0.4, 0.5) is 4.39 Å². The summed E-state index contributed by atoms with van der Waals surface area (Å²) in [5, 5.41) is 13.0. The molecule has 9 heteroatoms. The molecule has 2 atom stereocenters. The van der Waals surface area contributed by atoms with Crippen LogP contribution in [0.2, 0.25) is 5.02 Å². The maximum Gasteiger partial charge on any atom is 0.311 e. The molecular weight excluding hydrogens is 451 g/mol. The third kappa shape index (κ3) is 6.18. The minimum absolute atomic E-state index is 0.0271. The largest absolute Gasteiger partial charge is 0.481 e. The fourth-order valence-electron chi connectivity index (χ4n) is 3.65. The number of aliphatic carboxylic acids is 1. The van der Waals surface area contributed by atoms with E-state index in [1.54, 1.807) is 37.3 Å². The molecule has 0 bridgehead atoms. The lowest BCUT2D eigenvalue weighted by atomic mass is 9.82. The summed E-state index contributed by atoms with van der Waals surface area (Å²) >= 11 is 5.99. The Labute approximate surface area is 195 Å². The second-order valence-corrected chi connectivity index (χ2v) is 8.47. The van der Waals surface area contributed by atoms with Gasteiger partial charge in [-0.2, -0.15) is 0 Å². The van der Waals surface area contributed by atoms with Gasteiger partial charge in [0.05, 0.1) is 18.2 Å². The van der Waals surface area contributed by atoms with Crippen molar-refractivity contribution in [3.63, 3.8) is 0 Å². The Balaban J connectivity index is 1.83. The first-order chi connectivity index (χ1) is 15.7. The molecule has 174 valence electrons. The van der Waals surface area contributed by atoms with E-state index in [1.165, 1.54) is 31.7 Å². The van der Waals surface area contributed by atoms with E-state index in [2.05, 4.69) is 10.3 Å². The lowest BCUT2D eigenvalue weighted by Crippen LogP contribution is -2.44. The molecule has 0 saturated heterocycles. The molecule has 0 unspecified atom stereocenters. The van der Waals surface area contributed by atoms with E-state index < -0.39 is 23.3 Å². The number of nitrogens with zero attached hydrogens (tertiary/aromatic N) is 1. The Morgan fingerprint density at radius 3 is 2.61 bits per heavy atom. The molecule has 33 heavy (non-hydrogen) atoms. The molecule has 2 aromatic carbocycles. The van der Waals surface area contributed by atoms with Crippen LogP contribution in [0.5, 0.6) is 0 Å². The molecule has 3 aromatic rings. The first-order valence-corrected chi connectivity index (χ1v) is 10.6. The van der Waals surface area contributed by atoms with Gasteiger partial charge in [0.2, 0.25) is 0 Å². The monoisotopic (exact) mass is 474 g/mol. The van der Waals surface area contributed by atoms with Crippen molar-refractivity contribution < 1.29 is 28.2 Å². The average molecular weight is 475 g/mol. The highest BCUT2D eigenvalue weighted by Crippen LogP contribution is 2.28. The second kappa shape index (κ2) is 10.6. The van der Waals surface area contributed by atoms with E-state index in [0.29, 0.717) is 22.6 Å². The van der Waals surface area contributed by atoms with E-state index in [0.717, 1.165) is 5.56 Å². The number of rotatable bonds is 10. The number of halogens is 2. The Morgan fingerprint density at radius 2 is 2.00 bits per heavy atom. The third-order valence-corrected chi connectivity index (χ3v) is 5.55. The summed E-state index contributed by atoms with van der Waals surface area (Å²) in [7, 11) is 1.43. The molecule has 7 nitrogen and oxygen atoms in total. The molecule has 0 radical (unpaired) electrons. The zero-order valence-electron chi connectivity index (χ0n) is 18.2. The minimum atomic E-state index is -1.23. The van der Waals surface area contributed by atoms with Gasteiger partial charge >= 0.3 is 11.9 Å². The van der Waals surface area contributed by atoms with Crippen molar-refractivity contribution in [1.82, 2.24) is 10.3 Å². The van der Waals surface area contributed by atoms with E-state index in [1.807, 2.05) is 0 Å².